The lowest BCUT2D eigenvalue weighted by Gasteiger charge is -2.00. The SMILES string of the molecule is Cc1ccc(S(=O)(=O)c2ncc(C=O)s2)cc1. The zero-order chi connectivity index (χ0) is 12.5. The van der Waals surface area contributed by atoms with Crippen LogP contribution in [0.3, 0.4) is 0 Å². The van der Waals surface area contributed by atoms with Crippen LogP contribution in [0, 0.1) is 6.92 Å². The predicted octanol–water partition coefficient (Wildman–Crippen LogP) is 2.10. The van der Waals surface area contributed by atoms with E-state index >= 15 is 0 Å². The van der Waals surface area contributed by atoms with E-state index in [2.05, 4.69) is 4.98 Å². The molecule has 1 heterocycles. The van der Waals surface area contributed by atoms with Crippen molar-refractivity contribution in [2.45, 2.75) is 16.2 Å². The molecule has 0 amide bonds. The first-order valence-electron chi connectivity index (χ1n) is 4.77. The van der Waals surface area contributed by atoms with Crippen LogP contribution in [0.2, 0.25) is 0 Å². The van der Waals surface area contributed by atoms with Crippen molar-refractivity contribution in [1.29, 1.82) is 0 Å². The number of aromatic nitrogens is 1. The minimum Gasteiger partial charge on any atom is -0.297 e. The highest BCUT2D eigenvalue weighted by Crippen LogP contribution is 2.24. The third-order valence-corrected chi connectivity index (χ3v) is 5.26. The lowest BCUT2D eigenvalue weighted by molar-refractivity contribution is 0.112. The van der Waals surface area contributed by atoms with Crippen LogP contribution >= 0.6 is 11.3 Å². The fourth-order valence-corrected chi connectivity index (χ4v) is 3.63. The molecule has 6 heteroatoms. The maximum absolute atomic E-state index is 12.1. The highest BCUT2D eigenvalue weighted by molar-refractivity contribution is 7.93. The molecule has 1 aromatic carbocycles. The number of rotatable bonds is 3. The number of carbonyl (C=O) groups is 1. The molecule has 88 valence electrons. The second-order valence-corrected chi connectivity index (χ2v) is 6.65. The van der Waals surface area contributed by atoms with Gasteiger partial charge in [0, 0.05) is 6.20 Å². The van der Waals surface area contributed by atoms with E-state index in [1.807, 2.05) is 6.92 Å². The largest absolute Gasteiger partial charge is 0.297 e. The van der Waals surface area contributed by atoms with Crippen LogP contribution in [0.1, 0.15) is 15.2 Å². The average Bonchev–Trinajstić information content (AvgIpc) is 2.78. The minimum atomic E-state index is -3.60. The van der Waals surface area contributed by atoms with Crippen LogP contribution in [0.25, 0.3) is 0 Å². The Morgan fingerprint density at radius 1 is 1.24 bits per heavy atom. The summed E-state index contributed by atoms with van der Waals surface area (Å²) in [7, 11) is -3.60. The van der Waals surface area contributed by atoms with Crippen molar-refractivity contribution in [3.8, 4) is 0 Å². The first-order chi connectivity index (χ1) is 8.04. The summed E-state index contributed by atoms with van der Waals surface area (Å²) < 4.78 is 24.2. The van der Waals surface area contributed by atoms with Crippen LogP contribution in [0.4, 0.5) is 0 Å². The molecule has 0 saturated carbocycles. The molecule has 2 aromatic rings. The Hall–Kier alpha value is -1.53. The lowest BCUT2D eigenvalue weighted by atomic mass is 10.2. The summed E-state index contributed by atoms with van der Waals surface area (Å²) in [6.45, 7) is 1.88. The fourth-order valence-electron chi connectivity index (χ4n) is 1.27. The van der Waals surface area contributed by atoms with Crippen LogP contribution in [-0.4, -0.2) is 19.7 Å². The summed E-state index contributed by atoms with van der Waals surface area (Å²) >= 11 is 0.872. The number of hydrogen-bond donors (Lipinski definition) is 0. The van der Waals surface area contributed by atoms with Gasteiger partial charge in [0.25, 0.3) is 0 Å². The number of aryl methyl sites for hydroxylation is 1. The molecule has 0 fully saturated rings. The van der Waals surface area contributed by atoms with Gasteiger partial charge in [-0.2, -0.15) is 0 Å². The zero-order valence-corrected chi connectivity index (χ0v) is 10.6. The highest BCUT2D eigenvalue weighted by atomic mass is 32.2. The molecule has 0 aliphatic rings. The highest BCUT2D eigenvalue weighted by Gasteiger charge is 2.21. The van der Waals surface area contributed by atoms with Gasteiger partial charge in [-0.05, 0) is 19.1 Å². The summed E-state index contributed by atoms with van der Waals surface area (Å²) in [5.74, 6) is 0. The zero-order valence-electron chi connectivity index (χ0n) is 8.95. The third-order valence-electron chi connectivity index (χ3n) is 2.18. The number of nitrogens with zero attached hydrogens (tertiary/aromatic N) is 1. The van der Waals surface area contributed by atoms with E-state index < -0.39 is 9.84 Å². The molecule has 4 nitrogen and oxygen atoms in total. The Morgan fingerprint density at radius 3 is 2.41 bits per heavy atom. The van der Waals surface area contributed by atoms with E-state index in [4.69, 9.17) is 0 Å². The molecule has 0 aliphatic heterocycles. The lowest BCUT2D eigenvalue weighted by Crippen LogP contribution is -2.00. The quantitative estimate of drug-likeness (QED) is 0.799. The minimum absolute atomic E-state index is 0.0524. The number of carbonyl (C=O) groups excluding carboxylic acids is 1. The molecule has 0 bridgehead atoms. The molecule has 0 radical (unpaired) electrons. The number of sulfone groups is 1. The first-order valence-corrected chi connectivity index (χ1v) is 7.07. The standard InChI is InChI=1S/C11H9NO3S2/c1-8-2-4-10(5-3-8)17(14,15)11-12-6-9(7-13)16-11/h2-7H,1H3. The van der Waals surface area contributed by atoms with Crippen LogP contribution < -0.4 is 0 Å². The van der Waals surface area contributed by atoms with Gasteiger partial charge < -0.3 is 0 Å². The summed E-state index contributed by atoms with van der Waals surface area (Å²) in [5.41, 5.74) is 0.983. The average molecular weight is 267 g/mol. The number of benzene rings is 1. The smallest absolute Gasteiger partial charge is 0.233 e. The molecular weight excluding hydrogens is 258 g/mol. The van der Waals surface area contributed by atoms with Crippen molar-refractivity contribution in [3.05, 3.63) is 40.9 Å². The molecule has 17 heavy (non-hydrogen) atoms. The summed E-state index contributed by atoms with van der Waals surface area (Å²) in [6.07, 6.45) is 1.85. The van der Waals surface area contributed by atoms with Crippen LogP contribution in [0.15, 0.2) is 39.7 Å². The van der Waals surface area contributed by atoms with E-state index in [1.54, 1.807) is 12.1 Å². The summed E-state index contributed by atoms with van der Waals surface area (Å²) in [6, 6.07) is 6.52. The fraction of sp³-hybridized carbons (Fsp3) is 0.0909. The van der Waals surface area contributed by atoms with E-state index in [-0.39, 0.29) is 9.24 Å². The van der Waals surface area contributed by atoms with Crippen molar-refractivity contribution in [2.75, 3.05) is 0 Å². The first kappa shape index (κ1) is 11.9. The molecule has 0 spiro atoms. The second kappa shape index (κ2) is 4.38. The molecule has 0 saturated heterocycles. The van der Waals surface area contributed by atoms with Crippen molar-refractivity contribution in [1.82, 2.24) is 4.98 Å². The number of aldehydes is 1. The Balaban J connectivity index is 2.49. The molecule has 2 rings (SSSR count). The van der Waals surface area contributed by atoms with Gasteiger partial charge in [-0.1, -0.05) is 29.0 Å². The topological polar surface area (TPSA) is 64.1 Å². The molecule has 0 aliphatic carbocycles. The van der Waals surface area contributed by atoms with Gasteiger partial charge in [0.15, 0.2) is 6.29 Å². The molecular formula is C11H9NO3S2. The van der Waals surface area contributed by atoms with E-state index in [9.17, 15) is 13.2 Å². The monoisotopic (exact) mass is 267 g/mol. The Morgan fingerprint density at radius 2 is 1.88 bits per heavy atom. The van der Waals surface area contributed by atoms with Crippen molar-refractivity contribution in [2.24, 2.45) is 0 Å². The van der Waals surface area contributed by atoms with E-state index in [0.29, 0.717) is 11.2 Å². The Kier molecular flexibility index (Phi) is 3.08. The third kappa shape index (κ3) is 2.27. The summed E-state index contributed by atoms with van der Waals surface area (Å²) in [4.78, 5) is 14.8. The Labute approximate surface area is 103 Å². The van der Waals surface area contributed by atoms with Gasteiger partial charge in [-0.15, -0.1) is 0 Å². The van der Waals surface area contributed by atoms with E-state index in [0.717, 1.165) is 16.9 Å². The molecule has 1 aromatic heterocycles. The van der Waals surface area contributed by atoms with Gasteiger partial charge in [0.05, 0.1) is 9.77 Å². The molecule has 0 atom stereocenters. The second-order valence-electron chi connectivity index (χ2n) is 3.46. The van der Waals surface area contributed by atoms with Crippen molar-refractivity contribution >= 4 is 27.5 Å². The van der Waals surface area contributed by atoms with Gasteiger partial charge in [-0.25, -0.2) is 13.4 Å². The van der Waals surface area contributed by atoms with Crippen molar-refractivity contribution < 1.29 is 13.2 Å². The maximum Gasteiger partial charge on any atom is 0.233 e. The predicted molar refractivity (Wildman–Crippen MR) is 64.1 cm³/mol. The van der Waals surface area contributed by atoms with Gasteiger partial charge in [0.2, 0.25) is 14.2 Å². The van der Waals surface area contributed by atoms with Crippen LogP contribution in [0.5, 0.6) is 0 Å². The normalized spacial score (nSPS) is 11.4. The van der Waals surface area contributed by atoms with Gasteiger partial charge in [-0.3, -0.25) is 4.79 Å². The van der Waals surface area contributed by atoms with Gasteiger partial charge in [0.1, 0.15) is 0 Å². The number of thiazole rings is 1. The van der Waals surface area contributed by atoms with Crippen molar-refractivity contribution in [3.63, 3.8) is 0 Å². The Bertz CT molecular complexity index is 642. The molecule has 0 unspecified atom stereocenters. The van der Waals surface area contributed by atoms with Crippen LogP contribution in [-0.2, 0) is 9.84 Å². The molecule has 0 N–H and O–H groups in total. The summed E-state index contributed by atoms with van der Waals surface area (Å²) in [5, 5.41) is 0. The number of hydrogen-bond acceptors (Lipinski definition) is 5. The van der Waals surface area contributed by atoms with E-state index in [1.165, 1.54) is 18.3 Å². The maximum atomic E-state index is 12.1. The van der Waals surface area contributed by atoms with Gasteiger partial charge >= 0.3 is 0 Å².